The van der Waals surface area contributed by atoms with E-state index in [-0.39, 0.29) is 6.61 Å². The van der Waals surface area contributed by atoms with Crippen LogP contribution in [0.1, 0.15) is 17.3 Å². The van der Waals surface area contributed by atoms with E-state index in [2.05, 4.69) is 26.2 Å². The number of benzene rings is 2. The predicted octanol–water partition coefficient (Wildman–Crippen LogP) is 3.45. The minimum atomic E-state index is -0.401. The van der Waals surface area contributed by atoms with Crippen LogP contribution in [-0.2, 0) is 11.3 Å². The molecule has 124 valence electrons. The lowest BCUT2D eigenvalue weighted by molar-refractivity contribution is 0.0450. The van der Waals surface area contributed by atoms with Gasteiger partial charge in [-0.05, 0) is 49.4 Å². The lowest BCUT2D eigenvalue weighted by Crippen LogP contribution is -2.12. The highest BCUT2D eigenvalue weighted by Gasteiger charge is 2.11. The number of hydrogen-bond donors (Lipinski definition) is 0. The van der Waals surface area contributed by atoms with Crippen LogP contribution in [0.4, 0.5) is 0 Å². The van der Waals surface area contributed by atoms with Crippen LogP contribution in [0, 0.1) is 0 Å². The van der Waals surface area contributed by atoms with Crippen LogP contribution in [0.5, 0.6) is 5.75 Å². The third kappa shape index (κ3) is 3.73. The second-order valence-corrected chi connectivity index (χ2v) is 5.96. The summed E-state index contributed by atoms with van der Waals surface area (Å²) in [6.45, 7) is 3.19. The molecule has 0 radical (unpaired) electrons. The lowest BCUT2D eigenvalue weighted by atomic mass is 10.2. The van der Waals surface area contributed by atoms with Gasteiger partial charge in [-0.1, -0.05) is 21.1 Å². The maximum atomic E-state index is 12.1. The van der Waals surface area contributed by atoms with Crippen molar-refractivity contribution in [1.29, 1.82) is 0 Å². The van der Waals surface area contributed by atoms with Crippen molar-refractivity contribution >= 4 is 32.9 Å². The SMILES string of the molecule is CCn1nnc2cc(C(=O)OCCOc3ccc(Br)cc3)ccc21. The van der Waals surface area contributed by atoms with Gasteiger partial charge in [0.1, 0.15) is 24.5 Å². The largest absolute Gasteiger partial charge is 0.490 e. The molecular formula is C17H16BrN3O3. The van der Waals surface area contributed by atoms with Gasteiger partial charge in [0.2, 0.25) is 0 Å². The van der Waals surface area contributed by atoms with Crippen molar-refractivity contribution in [3.8, 4) is 5.75 Å². The van der Waals surface area contributed by atoms with Crippen molar-refractivity contribution in [2.45, 2.75) is 13.5 Å². The van der Waals surface area contributed by atoms with E-state index in [1.807, 2.05) is 37.3 Å². The molecule has 0 saturated heterocycles. The third-order valence-electron chi connectivity index (χ3n) is 3.45. The molecule has 0 saturated carbocycles. The van der Waals surface area contributed by atoms with Gasteiger partial charge in [0.15, 0.2) is 0 Å². The van der Waals surface area contributed by atoms with Gasteiger partial charge in [-0.15, -0.1) is 5.10 Å². The van der Waals surface area contributed by atoms with E-state index in [1.165, 1.54) is 0 Å². The van der Waals surface area contributed by atoms with Gasteiger partial charge in [-0.3, -0.25) is 0 Å². The molecule has 0 unspecified atom stereocenters. The summed E-state index contributed by atoms with van der Waals surface area (Å²) in [5.41, 5.74) is 2.03. The number of aromatic nitrogens is 3. The Balaban J connectivity index is 1.54. The lowest BCUT2D eigenvalue weighted by Gasteiger charge is -2.07. The molecule has 0 spiro atoms. The summed E-state index contributed by atoms with van der Waals surface area (Å²) < 4.78 is 13.5. The molecule has 0 amide bonds. The molecule has 2 aromatic carbocycles. The molecule has 1 heterocycles. The molecule has 0 aliphatic carbocycles. The number of halogens is 1. The summed E-state index contributed by atoms with van der Waals surface area (Å²) >= 11 is 3.36. The first kappa shape index (κ1) is 16.4. The van der Waals surface area contributed by atoms with Crippen LogP contribution >= 0.6 is 15.9 Å². The molecule has 1 aromatic heterocycles. The van der Waals surface area contributed by atoms with Crippen LogP contribution in [0.15, 0.2) is 46.9 Å². The fraction of sp³-hybridized carbons (Fsp3) is 0.235. The van der Waals surface area contributed by atoms with Gasteiger partial charge >= 0.3 is 5.97 Å². The van der Waals surface area contributed by atoms with E-state index in [0.29, 0.717) is 17.7 Å². The second-order valence-electron chi connectivity index (χ2n) is 5.05. The van der Waals surface area contributed by atoms with E-state index in [1.54, 1.807) is 16.8 Å². The van der Waals surface area contributed by atoms with E-state index in [9.17, 15) is 4.79 Å². The van der Waals surface area contributed by atoms with Crippen molar-refractivity contribution in [3.63, 3.8) is 0 Å². The average Bonchev–Trinajstić information content (AvgIpc) is 3.02. The second kappa shape index (κ2) is 7.44. The molecule has 0 fully saturated rings. The number of fused-ring (bicyclic) bond motifs is 1. The number of ether oxygens (including phenoxy) is 2. The number of carbonyl (C=O) groups is 1. The predicted molar refractivity (Wildman–Crippen MR) is 93.1 cm³/mol. The van der Waals surface area contributed by atoms with Gasteiger partial charge in [-0.25, -0.2) is 9.48 Å². The van der Waals surface area contributed by atoms with Crippen molar-refractivity contribution in [3.05, 3.63) is 52.5 Å². The van der Waals surface area contributed by atoms with Crippen molar-refractivity contribution in [2.75, 3.05) is 13.2 Å². The van der Waals surface area contributed by atoms with Crippen molar-refractivity contribution in [1.82, 2.24) is 15.0 Å². The number of rotatable bonds is 6. The summed E-state index contributed by atoms with van der Waals surface area (Å²) in [4.78, 5) is 12.1. The topological polar surface area (TPSA) is 66.2 Å². The van der Waals surface area contributed by atoms with Gasteiger partial charge in [-0.2, -0.15) is 0 Å². The zero-order valence-corrected chi connectivity index (χ0v) is 14.7. The van der Waals surface area contributed by atoms with Gasteiger partial charge < -0.3 is 9.47 Å². The first-order valence-electron chi connectivity index (χ1n) is 7.56. The molecule has 3 aromatic rings. The van der Waals surface area contributed by atoms with Crippen LogP contribution in [0.3, 0.4) is 0 Å². The first-order valence-corrected chi connectivity index (χ1v) is 8.35. The molecule has 3 rings (SSSR count). The molecule has 0 aliphatic heterocycles. The van der Waals surface area contributed by atoms with Gasteiger partial charge in [0.05, 0.1) is 11.1 Å². The Morgan fingerprint density at radius 1 is 1.17 bits per heavy atom. The molecule has 0 aliphatic rings. The highest BCUT2D eigenvalue weighted by Crippen LogP contribution is 2.16. The number of carbonyl (C=O) groups excluding carboxylic acids is 1. The zero-order chi connectivity index (χ0) is 16.9. The van der Waals surface area contributed by atoms with E-state index in [0.717, 1.165) is 22.3 Å². The minimum Gasteiger partial charge on any atom is -0.490 e. The molecule has 24 heavy (non-hydrogen) atoms. The molecule has 0 atom stereocenters. The number of esters is 1. The maximum Gasteiger partial charge on any atom is 0.338 e. The molecule has 6 nitrogen and oxygen atoms in total. The van der Waals surface area contributed by atoms with Crippen molar-refractivity contribution in [2.24, 2.45) is 0 Å². The standard InChI is InChI=1S/C17H16BrN3O3/c1-2-21-16-8-3-12(11-15(16)19-20-21)17(22)24-10-9-23-14-6-4-13(18)5-7-14/h3-8,11H,2,9-10H2,1H3. The van der Waals surface area contributed by atoms with E-state index in [4.69, 9.17) is 9.47 Å². The third-order valence-corrected chi connectivity index (χ3v) is 3.98. The molecule has 0 bridgehead atoms. The summed E-state index contributed by atoms with van der Waals surface area (Å²) in [7, 11) is 0. The number of aryl methyl sites for hydroxylation is 1. The summed E-state index contributed by atoms with van der Waals surface area (Å²) in [6, 6.07) is 12.7. The Labute approximate surface area is 147 Å². The van der Waals surface area contributed by atoms with Crippen LogP contribution < -0.4 is 4.74 Å². The highest BCUT2D eigenvalue weighted by atomic mass is 79.9. The van der Waals surface area contributed by atoms with Crippen molar-refractivity contribution < 1.29 is 14.3 Å². The van der Waals surface area contributed by atoms with Gasteiger partial charge in [0.25, 0.3) is 0 Å². The van der Waals surface area contributed by atoms with Crippen LogP contribution in [0.25, 0.3) is 11.0 Å². The van der Waals surface area contributed by atoms with Crippen LogP contribution in [0.2, 0.25) is 0 Å². The van der Waals surface area contributed by atoms with E-state index < -0.39 is 5.97 Å². The summed E-state index contributed by atoms with van der Waals surface area (Å²) in [5.74, 6) is 0.328. The molecule has 7 heteroatoms. The molecular weight excluding hydrogens is 374 g/mol. The summed E-state index contributed by atoms with van der Waals surface area (Å²) in [6.07, 6.45) is 0. The number of nitrogens with zero attached hydrogens (tertiary/aromatic N) is 3. The van der Waals surface area contributed by atoms with E-state index >= 15 is 0 Å². The Hall–Kier alpha value is -2.41. The Morgan fingerprint density at radius 2 is 1.96 bits per heavy atom. The monoisotopic (exact) mass is 389 g/mol. The molecule has 0 N–H and O–H groups in total. The Morgan fingerprint density at radius 3 is 2.71 bits per heavy atom. The summed E-state index contributed by atoms with van der Waals surface area (Å²) in [5, 5.41) is 8.07. The maximum absolute atomic E-state index is 12.1. The first-order chi connectivity index (χ1) is 11.7. The Bertz CT molecular complexity index is 846. The average molecular weight is 390 g/mol. The minimum absolute atomic E-state index is 0.175. The van der Waals surface area contributed by atoms with Gasteiger partial charge in [0, 0.05) is 11.0 Å². The van der Waals surface area contributed by atoms with Crippen LogP contribution in [-0.4, -0.2) is 34.2 Å². The number of hydrogen-bond acceptors (Lipinski definition) is 5. The fourth-order valence-electron chi connectivity index (χ4n) is 2.24. The fourth-order valence-corrected chi connectivity index (χ4v) is 2.51. The normalized spacial score (nSPS) is 10.8. The zero-order valence-electron chi connectivity index (χ0n) is 13.1. The smallest absolute Gasteiger partial charge is 0.338 e. The quantitative estimate of drug-likeness (QED) is 0.477. The highest BCUT2D eigenvalue weighted by molar-refractivity contribution is 9.10. The Kier molecular flexibility index (Phi) is 5.10.